The van der Waals surface area contributed by atoms with Gasteiger partial charge >= 0.3 is 11.9 Å². The van der Waals surface area contributed by atoms with Gasteiger partial charge in [-0.3, -0.25) is 9.59 Å². The molecule has 1 aliphatic heterocycles. The molecule has 108 valence electrons. The fraction of sp³-hybridized carbons (Fsp3) is 0.750. The number of methoxy groups -OCH3 is 1. The summed E-state index contributed by atoms with van der Waals surface area (Å²) in [5, 5.41) is 9.07. The zero-order chi connectivity index (χ0) is 14.4. The molecule has 0 bridgehead atoms. The number of likely N-dealkylation sites (tertiary alicyclic amines) is 1. The number of nitrogens with zero attached hydrogens (tertiary/aromatic N) is 1. The van der Waals surface area contributed by atoms with Gasteiger partial charge in [0.1, 0.15) is 6.04 Å². The van der Waals surface area contributed by atoms with Crippen LogP contribution >= 0.6 is 0 Å². The molecule has 7 heteroatoms. The van der Waals surface area contributed by atoms with Crippen molar-refractivity contribution in [3.8, 4) is 0 Å². The Morgan fingerprint density at radius 1 is 1.32 bits per heavy atom. The van der Waals surface area contributed by atoms with Crippen LogP contribution in [0.1, 0.15) is 26.2 Å². The average molecular weight is 273 g/mol. The lowest BCUT2D eigenvalue weighted by Crippen LogP contribution is -2.40. The second-order valence-corrected chi connectivity index (χ2v) is 4.30. The zero-order valence-electron chi connectivity index (χ0n) is 11.1. The maximum atomic E-state index is 11.9. The SMILES string of the molecule is CCOC(=O)CCC(=O)N1CC(OC)CC1C(=O)O. The lowest BCUT2D eigenvalue weighted by atomic mass is 10.2. The molecule has 0 aromatic rings. The Labute approximate surface area is 111 Å². The van der Waals surface area contributed by atoms with Gasteiger partial charge in [-0.2, -0.15) is 0 Å². The van der Waals surface area contributed by atoms with E-state index in [1.807, 2.05) is 0 Å². The maximum absolute atomic E-state index is 11.9. The number of aliphatic carboxylic acids is 1. The summed E-state index contributed by atoms with van der Waals surface area (Å²) >= 11 is 0. The number of amides is 1. The number of esters is 1. The van der Waals surface area contributed by atoms with Crippen molar-refractivity contribution < 1.29 is 29.0 Å². The second-order valence-electron chi connectivity index (χ2n) is 4.30. The van der Waals surface area contributed by atoms with Crippen molar-refractivity contribution in [2.75, 3.05) is 20.3 Å². The van der Waals surface area contributed by atoms with Crippen molar-refractivity contribution in [2.24, 2.45) is 0 Å². The number of carboxylic acid groups (broad SMARTS) is 1. The van der Waals surface area contributed by atoms with Crippen LogP contribution in [0.2, 0.25) is 0 Å². The summed E-state index contributed by atoms with van der Waals surface area (Å²) in [6.07, 6.45) is -0.0731. The smallest absolute Gasteiger partial charge is 0.326 e. The molecule has 0 saturated carbocycles. The first kappa shape index (κ1) is 15.4. The molecule has 1 heterocycles. The Bertz CT molecular complexity index is 356. The van der Waals surface area contributed by atoms with Crippen LogP contribution in [0.5, 0.6) is 0 Å². The summed E-state index contributed by atoms with van der Waals surface area (Å²) in [6, 6.07) is -0.875. The van der Waals surface area contributed by atoms with Crippen LogP contribution in [-0.2, 0) is 23.9 Å². The van der Waals surface area contributed by atoms with Crippen molar-refractivity contribution in [3.63, 3.8) is 0 Å². The quantitative estimate of drug-likeness (QED) is 0.686. The number of hydrogen-bond donors (Lipinski definition) is 1. The number of carbonyl (C=O) groups is 3. The van der Waals surface area contributed by atoms with Crippen LogP contribution in [0.15, 0.2) is 0 Å². The molecule has 7 nitrogen and oxygen atoms in total. The molecule has 2 atom stereocenters. The van der Waals surface area contributed by atoms with Gasteiger partial charge in [0.2, 0.25) is 5.91 Å². The zero-order valence-corrected chi connectivity index (χ0v) is 11.1. The molecule has 0 aromatic heterocycles. The number of rotatable bonds is 6. The third kappa shape index (κ3) is 4.20. The summed E-state index contributed by atoms with van der Waals surface area (Å²) < 4.78 is 9.81. The highest BCUT2D eigenvalue weighted by molar-refractivity contribution is 5.86. The molecule has 1 rings (SSSR count). The lowest BCUT2D eigenvalue weighted by Gasteiger charge is -2.20. The van der Waals surface area contributed by atoms with Crippen molar-refractivity contribution in [3.05, 3.63) is 0 Å². The molecule has 1 aliphatic rings. The number of carbonyl (C=O) groups excluding carboxylic acids is 2. The van der Waals surface area contributed by atoms with Crippen LogP contribution in [-0.4, -0.2) is 60.3 Å². The highest BCUT2D eigenvalue weighted by atomic mass is 16.5. The fourth-order valence-corrected chi connectivity index (χ4v) is 2.06. The normalized spacial score (nSPS) is 22.3. The molecule has 0 aromatic carbocycles. The summed E-state index contributed by atoms with van der Waals surface area (Å²) in [5.74, 6) is -1.87. The molecule has 1 N–H and O–H groups in total. The van der Waals surface area contributed by atoms with E-state index in [-0.39, 0.29) is 44.4 Å². The van der Waals surface area contributed by atoms with Crippen LogP contribution in [0, 0.1) is 0 Å². The van der Waals surface area contributed by atoms with Gasteiger partial charge in [0.05, 0.1) is 19.1 Å². The Morgan fingerprint density at radius 2 is 2.00 bits per heavy atom. The molecule has 19 heavy (non-hydrogen) atoms. The van der Waals surface area contributed by atoms with Gasteiger partial charge in [0, 0.05) is 26.5 Å². The van der Waals surface area contributed by atoms with Crippen LogP contribution in [0.4, 0.5) is 0 Å². The lowest BCUT2D eigenvalue weighted by molar-refractivity contribution is -0.149. The van der Waals surface area contributed by atoms with E-state index < -0.39 is 18.0 Å². The minimum absolute atomic E-state index is 0.0346. The van der Waals surface area contributed by atoms with Gasteiger partial charge in [-0.05, 0) is 6.92 Å². The summed E-state index contributed by atoms with van der Waals surface area (Å²) in [4.78, 5) is 35.4. The standard InChI is InChI=1S/C12H19NO6/c1-3-19-11(15)5-4-10(14)13-7-8(18-2)6-9(13)12(16)17/h8-9H,3-7H2,1-2H3,(H,16,17). The van der Waals surface area contributed by atoms with Crippen LogP contribution in [0.3, 0.4) is 0 Å². The van der Waals surface area contributed by atoms with Gasteiger partial charge < -0.3 is 19.5 Å². The van der Waals surface area contributed by atoms with Gasteiger partial charge in [-0.15, -0.1) is 0 Å². The van der Waals surface area contributed by atoms with Crippen LogP contribution in [0.25, 0.3) is 0 Å². The third-order valence-corrected chi connectivity index (χ3v) is 3.05. The van der Waals surface area contributed by atoms with Gasteiger partial charge in [-0.1, -0.05) is 0 Å². The van der Waals surface area contributed by atoms with Crippen molar-refractivity contribution >= 4 is 17.8 Å². The first-order valence-electron chi connectivity index (χ1n) is 6.20. The largest absolute Gasteiger partial charge is 0.480 e. The molecule has 0 aliphatic carbocycles. The summed E-state index contributed by atoms with van der Waals surface area (Å²) in [5.41, 5.74) is 0. The van der Waals surface area contributed by atoms with E-state index in [2.05, 4.69) is 0 Å². The van der Waals surface area contributed by atoms with Crippen molar-refractivity contribution in [1.29, 1.82) is 0 Å². The minimum atomic E-state index is -1.05. The number of ether oxygens (including phenoxy) is 2. The van der Waals surface area contributed by atoms with E-state index in [9.17, 15) is 14.4 Å². The monoisotopic (exact) mass is 273 g/mol. The number of carboxylic acids is 1. The van der Waals surface area contributed by atoms with E-state index >= 15 is 0 Å². The average Bonchev–Trinajstić information content (AvgIpc) is 2.80. The van der Waals surface area contributed by atoms with Gasteiger partial charge in [0.25, 0.3) is 0 Å². The molecule has 1 amide bonds. The molecular weight excluding hydrogens is 254 g/mol. The molecule has 1 fully saturated rings. The molecular formula is C12H19NO6. The fourth-order valence-electron chi connectivity index (χ4n) is 2.06. The highest BCUT2D eigenvalue weighted by Gasteiger charge is 2.39. The first-order chi connectivity index (χ1) is 8.99. The van der Waals surface area contributed by atoms with Crippen molar-refractivity contribution in [1.82, 2.24) is 4.90 Å². The summed E-state index contributed by atoms with van der Waals surface area (Å²) in [6.45, 7) is 2.19. The third-order valence-electron chi connectivity index (χ3n) is 3.05. The molecule has 0 spiro atoms. The Kier molecular flexibility index (Phi) is 5.75. The maximum Gasteiger partial charge on any atom is 0.326 e. The highest BCUT2D eigenvalue weighted by Crippen LogP contribution is 2.21. The van der Waals surface area contributed by atoms with E-state index in [0.717, 1.165) is 0 Å². The Morgan fingerprint density at radius 3 is 2.53 bits per heavy atom. The molecule has 2 unspecified atom stereocenters. The van der Waals surface area contributed by atoms with Crippen LogP contribution < -0.4 is 0 Å². The topological polar surface area (TPSA) is 93.1 Å². The second kappa shape index (κ2) is 7.08. The Hall–Kier alpha value is -1.63. The van der Waals surface area contributed by atoms with Gasteiger partial charge in [-0.25, -0.2) is 4.79 Å². The molecule has 1 saturated heterocycles. The summed E-state index contributed by atoms with van der Waals surface area (Å²) in [7, 11) is 1.48. The van der Waals surface area contributed by atoms with E-state index in [1.165, 1.54) is 12.0 Å². The predicted molar refractivity (Wildman–Crippen MR) is 64.4 cm³/mol. The predicted octanol–water partition coefficient (Wildman–Crippen LogP) is 0.0302. The molecule has 0 radical (unpaired) electrons. The van der Waals surface area contributed by atoms with E-state index in [4.69, 9.17) is 14.6 Å². The van der Waals surface area contributed by atoms with E-state index in [0.29, 0.717) is 0 Å². The van der Waals surface area contributed by atoms with E-state index in [1.54, 1.807) is 6.92 Å². The Balaban J connectivity index is 2.54. The van der Waals surface area contributed by atoms with Crippen molar-refractivity contribution in [2.45, 2.75) is 38.3 Å². The van der Waals surface area contributed by atoms with Gasteiger partial charge in [0.15, 0.2) is 0 Å². The first-order valence-corrected chi connectivity index (χ1v) is 6.20. The minimum Gasteiger partial charge on any atom is -0.480 e. The number of hydrogen-bond acceptors (Lipinski definition) is 5.